The van der Waals surface area contributed by atoms with E-state index in [2.05, 4.69) is 6.07 Å². The van der Waals surface area contributed by atoms with E-state index in [1.54, 1.807) is 17.0 Å². The van der Waals surface area contributed by atoms with Crippen LogP contribution in [0.25, 0.3) is 11.1 Å². The van der Waals surface area contributed by atoms with Crippen LogP contribution in [0.15, 0.2) is 48.5 Å². The minimum Gasteiger partial charge on any atom is -0.334 e. The second-order valence-electron chi connectivity index (χ2n) is 6.14. The van der Waals surface area contributed by atoms with Crippen LogP contribution in [0, 0.1) is 11.3 Å². The Balaban J connectivity index is 2.45. The van der Waals surface area contributed by atoms with Crippen LogP contribution in [-0.2, 0) is 0 Å². The molecule has 0 aliphatic heterocycles. The van der Waals surface area contributed by atoms with E-state index in [-0.39, 0.29) is 18.0 Å². The third kappa shape index (κ3) is 3.60. The number of nitrogens with zero attached hydrogens (tertiary/aromatic N) is 2. The molecule has 3 nitrogen and oxygen atoms in total. The Kier molecular flexibility index (Phi) is 5.18. The summed E-state index contributed by atoms with van der Waals surface area (Å²) >= 11 is 0. The molecule has 23 heavy (non-hydrogen) atoms. The van der Waals surface area contributed by atoms with Crippen molar-refractivity contribution in [3.63, 3.8) is 0 Å². The summed E-state index contributed by atoms with van der Waals surface area (Å²) in [6.07, 6.45) is 0. The number of rotatable bonds is 4. The SMILES string of the molecule is CC(C)N(C(=O)c1ccc(-c2ccccc2)cc1C#N)C(C)C. The first-order valence-electron chi connectivity index (χ1n) is 7.88. The average Bonchev–Trinajstić information content (AvgIpc) is 2.54. The smallest absolute Gasteiger partial charge is 0.255 e. The lowest BCUT2D eigenvalue weighted by Crippen LogP contribution is -2.42. The third-order valence-corrected chi connectivity index (χ3v) is 3.82. The van der Waals surface area contributed by atoms with Crippen molar-refractivity contribution in [1.82, 2.24) is 4.90 Å². The molecular weight excluding hydrogens is 284 g/mol. The lowest BCUT2D eigenvalue weighted by molar-refractivity contribution is 0.0643. The van der Waals surface area contributed by atoms with Crippen molar-refractivity contribution in [3.05, 3.63) is 59.7 Å². The molecule has 0 heterocycles. The van der Waals surface area contributed by atoms with Gasteiger partial charge in [-0.15, -0.1) is 0 Å². The number of hydrogen-bond acceptors (Lipinski definition) is 2. The van der Waals surface area contributed by atoms with Gasteiger partial charge in [-0.05, 0) is 51.0 Å². The fourth-order valence-corrected chi connectivity index (χ4v) is 2.84. The molecule has 0 fully saturated rings. The van der Waals surface area contributed by atoms with Gasteiger partial charge in [0.15, 0.2) is 0 Å². The first kappa shape index (κ1) is 16.8. The number of nitriles is 1. The maximum atomic E-state index is 12.8. The van der Waals surface area contributed by atoms with E-state index in [0.29, 0.717) is 11.1 Å². The average molecular weight is 306 g/mol. The van der Waals surface area contributed by atoms with Gasteiger partial charge in [-0.25, -0.2) is 0 Å². The summed E-state index contributed by atoms with van der Waals surface area (Å²) in [7, 11) is 0. The summed E-state index contributed by atoms with van der Waals surface area (Å²) in [6, 6.07) is 17.7. The van der Waals surface area contributed by atoms with Gasteiger partial charge in [-0.3, -0.25) is 4.79 Å². The van der Waals surface area contributed by atoms with E-state index in [1.165, 1.54) is 0 Å². The van der Waals surface area contributed by atoms with Gasteiger partial charge in [0.1, 0.15) is 0 Å². The molecule has 0 saturated carbocycles. The van der Waals surface area contributed by atoms with Crippen molar-refractivity contribution < 1.29 is 4.79 Å². The van der Waals surface area contributed by atoms with E-state index >= 15 is 0 Å². The third-order valence-electron chi connectivity index (χ3n) is 3.82. The van der Waals surface area contributed by atoms with E-state index in [9.17, 15) is 10.1 Å². The predicted molar refractivity (Wildman–Crippen MR) is 93.0 cm³/mol. The van der Waals surface area contributed by atoms with Crippen LogP contribution in [0.5, 0.6) is 0 Å². The van der Waals surface area contributed by atoms with Gasteiger partial charge in [0, 0.05) is 12.1 Å². The monoisotopic (exact) mass is 306 g/mol. The van der Waals surface area contributed by atoms with Crippen molar-refractivity contribution in [1.29, 1.82) is 5.26 Å². The molecule has 0 aliphatic rings. The predicted octanol–water partition coefficient (Wildman–Crippen LogP) is 4.48. The zero-order valence-corrected chi connectivity index (χ0v) is 14.1. The normalized spacial score (nSPS) is 10.7. The van der Waals surface area contributed by atoms with Crippen molar-refractivity contribution >= 4 is 5.91 Å². The molecule has 2 aromatic rings. The Hall–Kier alpha value is -2.60. The molecule has 0 aliphatic carbocycles. The van der Waals surface area contributed by atoms with Crippen LogP contribution in [-0.4, -0.2) is 22.9 Å². The highest BCUT2D eigenvalue weighted by Crippen LogP contribution is 2.24. The second-order valence-corrected chi connectivity index (χ2v) is 6.14. The maximum Gasteiger partial charge on any atom is 0.255 e. The summed E-state index contributed by atoms with van der Waals surface area (Å²) < 4.78 is 0. The molecule has 0 atom stereocenters. The molecule has 0 unspecified atom stereocenters. The van der Waals surface area contributed by atoms with Crippen molar-refractivity contribution in [3.8, 4) is 17.2 Å². The molecule has 0 saturated heterocycles. The molecule has 2 aromatic carbocycles. The van der Waals surface area contributed by atoms with Gasteiger partial charge < -0.3 is 4.90 Å². The number of benzene rings is 2. The van der Waals surface area contributed by atoms with Crippen LogP contribution in [0.3, 0.4) is 0 Å². The van der Waals surface area contributed by atoms with Gasteiger partial charge in [-0.2, -0.15) is 5.26 Å². The largest absolute Gasteiger partial charge is 0.334 e. The Morgan fingerprint density at radius 3 is 2.09 bits per heavy atom. The summed E-state index contributed by atoms with van der Waals surface area (Å²) in [5.41, 5.74) is 2.86. The minimum atomic E-state index is -0.0915. The number of amides is 1. The number of hydrogen-bond donors (Lipinski definition) is 0. The zero-order chi connectivity index (χ0) is 17.0. The zero-order valence-electron chi connectivity index (χ0n) is 14.1. The van der Waals surface area contributed by atoms with Gasteiger partial charge in [0.2, 0.25) is 0 Å². The van der Waals surface area contributed by atoms with Crippen LogP contribution >= 0.6 is 0 Å². The van der Waals surface area contributed by atoms with Crippen LogP contribution in [0.1, 0.15) is 43.6 Å². The van der Waals surface area contributed by atoms with E-state index in [1.807, 2.05) is 64.1 Å². The van der Waals surface area contributed by atoms with Crippen molar-refractivity contribution in [2.45, 2.75) is 39.8 Å². The van der Waals surface area contributed by atoms with E-state index in [4.69, 9.17) is 0 Å². The topological polar surface area (TPSA) is 44.1 Å². The standard InChI is InChI=1S/C20H22N2O/c1-14(2)22(15(3)4)20(23)19-11-10-17(12-18(19)13-21)16-8-6-5-7-9-16/h5-12,14-15H,1-4H3. The summed E-state index contributed by atoms with van der Waals surface area (Å²) in [5, 5.41) is 9.48. The maximum absolute atomic E-state index is 12.8. The molecule has 0 spiro atoms. The lowest BCUT2D eigenvalue weighted by Gasteiger charge is -2.31. The number of carbonyl (C=O) groups excluding carboxylic acids is 1. The first-order chi connectivity index (χ1) is 11.0. The van der Waals surface area contributed by atoms with Crippen LogP contribution < -0.4 is 0 Å². The molecule has 0 bridgehead atoms. The van der Waals surface area contributed by atoms with Crippen molar-refractivity contribution in [2.75, 3.05) is 0 Å². The molecule has 118 valence electrons. The fourth-order valence-electron chi connectivity index (χ4n) is 2.84. The fraction of sp³-hybridized carbons (Fsp3) is 0.300. The van der Waals surface area contributed by atoms with Crippen molar-refractivity contribution in [2.24, 2.45) is 0 Å². The molecule has 3 heteroatoms. The quantitative estimate of drug-likeness (QED) is 0.835. The Morgan fingerprint density at radius 2 is 1.57 bits per heavy atom. The summed E-state index contributed by atoms with van der Waals surface area (Å²) in [5.74, 6) is -0.0915. The van der Waals surface area contributed by atoms with Gasteiger partial charge in [0.05, 0.1) is 17.2 Å². The van der Waals surface area contributed by atoms with Crippen LogP contribution in [0.2, 0.25) is 0 Å². The summed E-state index contributed by atoms with van der Waals surface area (Å²) in [4.78, 5) is 14.6. The van der Waals surface area contributed by atoms with Crippen LogP contribution in [0.4, 0.5) is 0 Å². The van der Waals surface area contributed by atoms with Gasteiger partial charge in [0.25, 0.3) is 5.91 Å². The molecule has 1 amide bonds. The Morgan fingerprint density at radius 1 is 0.957 bits per heavy atom. The lowest BCUT2D eigenvalue weighted by atomic mass is 9.98. The summed E-state index contributed by atoms with van der Waals surface area (Å²) in [6.45, 7) is 7.95. The minimum absolute atomic E-state index is 0.0860. The van der Waals surface area contributed by atoms with E-state index in [0.717, 1.165) is 11.1 Å². The highest BCUT2D eigenvalue weighted by molar-refractivity contribution is 5.97. The highest BCUT2D eigenvalue weighted by atomic mass is 16.2. The van der Waals surface area contributed by atoms with Gasteiger partial charge >= 0.3 is 0 Å². The molecule has 0 aromatic heterocycles. The number of carbonyl (C=O) groups is 1. The molecule has 0 radical (unpaired) electrons. The van der Waals surface area contributed by atoms with Gasteiger partial charge in [-0.1, -0.05) is 36.4 Å². The Bertz CT molecular complexity index is 719. The highest BCUT2D eigenvalue weighted by Gasteiger charge is 2.24. The first-order valence-corrected chi connectivity index (χ1v) is 7.88. The molecular formula is C20H22N2O. The Labute approximate surface area is 138 Å². The van der Waals surface area contributed by atoms with E-state index < -0.39 is 0 Å². The molecule has 2 rings (SSSR count). The second kappa shape index (κ2) is 7.11. The molecule has 0 N–H and O–H groups in total.